The molecule has 0 aliphatic rings. The van der Waals surface area contributed by atoms with E-state index in [1.807, 2.05) is 0 Å². The summed E-state index contributed by atoms with van der Waals surface area (Å²) < 4.78 is 99.6. The second-order valence-electron chi connectivity index (χ2n) is 9.64. The fraction of sp³-hybridized carbons (Fsp3) is 0.267. The average molecular weight is 629 g/mol. The fourth-order valence-corrected chi connectivity index (χ4v) is 3.89. The Labute approximate surface area is 246 Å². The highest BCUT2D eigenvalue weighted by Gasteiger charge is 2.72. The molecule has 0 fully saturated rings. The predicted molar refractivity (Wildman–Crippen MR) is 148 cm³/mol. The fourth-order valence-electron chi connectivity index (χ4n) is 3.89. The molecule has 0 heterocycles. The van der Waals surface area contributed by atoms with Gasteiger partial charge in [0.15, 0.2) is 0 Å². The molecule has 3 rings (SSSR count). The van der Waals surface area contributed by atoms with E-state index in [0.717, 1.165) is 5.56 Å². The summed E-state index contributed by atoms with van der Waals surface area (Å²) in [7, 11) is 0. The van der Waals surface area contributed by atoms with E-state index in [9.17, 15) is 45.4 Å². The van der Waals surface area contributed by atoms with Crippen molar-refractivity contribution in [3.63, 3.8) is 0 Å². The second-order valence-corrected chi connectivity index (χ2v) is 9.64. The van der Waals surface area contributed by atoms with E-state index in [0.29, 0.717) is 23.4 Å². The minimum atomic E-state index is -6.39. The molecular formula is C30H27F7N2O5. The summed E-state index contributed by atoms with van der Waals surface area (Å²) in [5, 5.41) is 9.60. The number of aliphatic carboxylic acids is 1. The van der Waals surface area contributed by atoms with Crippen molar-refractivity contribution < 1.29 is 54.9 Å². The van der Waals surface area contributed by atoms with E-state index < -0.39 is 49.4 Å². The SMILES string of the molecule is Nc1ccc(CC/C(=C\c2ccc(OC(=O)c3ccc(OCCCC(F)(F)C(F)(F)C(F)(F)F)cc3)cc2)C(=O)O)c(N)c1. The Morgan fingerprint density at radius 2 is 1.45 bits per heavy atom. The van der Waals surface area contributed by atoms with Crippen LogP contribution in [-0.4, -0.2) is 41.7 Å². The van der Waals surface area contributed by atoms with Crippen molar-refractivity contribution in [3.05, 3.63) is 89.0 Å². The quantitative estimate of drug-likeness (QED) is 0.0458. The van der Waals surface area contributed by atoms with Gasteiger partial charge in [0, 0.05) is 23.4 Å². The Balaban J connectivity index is 1.52. The van der Waals surface area contributed by atoms with Crippen LogP contribution in [0.4, 0.5) is 42.1 Å². The molecule has 0 amide bonds. The summed E-state index contributed by atoms with van der Waals surface area (Å²) in [6.45, 7) is -0.576. The molecule has 0 saturated heterocycles. The summed E-state index contributed by atoms with van der Waals surface area (Å²) in [4.78, 5) is 24.2. The van der Waals surface area contributed by atoms with Crippen LogP contribution in [0.25, 0.3) is 6.08 Å². The third-order valence-electron chi connectivity index (χ3n) is 6.35. The number of nitrogens with two attached hydrogens (primary N) is 2. The summed E-state index contributed by atoms with van der Waals surface area (Å²) in [5.41, 5.74) is 14.1. The zero-order valence-electron chi connectivity index (χ0n) is 22.8. The molecule has 0 radical (unpaired) electrons. The number of hydrogen-bond acceptors (Lipinski definition) is 6. The van der Waals surface area contributed by atoms with Gasteiger partial charge in [0.1, 0.15) is 11.5 Å². The highest BCUT2D eigenvalue weighted by molar-refractivity contribution is 5.92. The van der Waals surface area contributed by atoms with E-state index in [2.05, 4.69) is 0 Å². The second kappa shape index (κ2) is 13.7. The number of carboxylic acid groups (broad SMARTS) is 1. The van der Waals surface area contributed by atoms with Crippen LogP contribution < -0.4 is 20.9 Å². The number of anilines is 2. The molecule has 3 aromatic carbocycles. The smallest absolute Gasteiger partial charge is 0.459 e. The van der Waals surface area contributed by atoms with Crippen molar-refractivity contribution in [1.82, 2.24) is 0 Å². The molecule has 3 aromatic rings. The zero-order chi connectivity index (χ0) is 32.7. The van der Waals surface area contributed by atoms with Crippen molar-refractivity contribution >= 4 is 29.4 Å². The first-order valence-electron chi connectivity index (χ1n) is 13.0. The van der Waals surface area contributed by atoms with Crippen molar-refractivity contribution in [2.45, 2.75) is 43.7 Å². The molecule has 44 heavy (non-hydrogen) atoms. The monoisotopic (exact) mass is 628 g/mol. The number of esters is 1. The number of carbonyl (C=O) groups is 2. The Morgan fingerprint density at radius 1 is 0.841 bits per heavy atom. The molecule has 0 unspecified atom stereocenters. The normalized spacial score (nSPS) is 12.6. The van der Waals surface area contributed by atoms with Crippen LogP contribution in [0, 0.1) is 0 Å². The number of halogens is 7. The van der Waals surface area contributed by atoms with Crippen LogP contribution in [0.2, 0.25) is 0 Å². The number of carbonyl (C=O) groups excluding carboxylic acids is 1. The third-order valence-corrected chi connectivity index (χ3v) is 6.35. The summed E-state index contributed by atoms with van der Waals surface area (Å²) in [5.74, 6) is -13.2. The van der Waals surface area contributed by atoms with Gasteiger partial charge >= 0.3 is 30.0 Å². The van der Waals surface area contributed by atoms with Gasteiger partial charge in [-0.15, -0.1) is 0 Å². The van der Waals surface area contributed by atoms with Gasteiger partial charge in [-0.05, 0) is 85.0 Å². The number of aryl methyl sites for hydroxylation is 1. The standard InChI is InChI=1S/C30H27F7N2O5/c31-28(32,29(33,34)30(35,36)37)14-1-15-43-23-12-7-20(8-13-23)27(42)44-24-10-2-18(3-11-24)16-21(26(40)41)5-4-19-6-9-22(38)17-25(19)39/h2-3,6-13,16-17H,1,4-5,14-15,38-39H2,(H,40,41)/b21-16+. The van der Waals surface area contributed by atoms with Gasteiger partial charge in [0.2, 0.25) is 0 Å². The van der Waals surface area contributed by atoms with Crippen molar-refractivity contribution in [3.8, 4) is 11.5 Å². The van der Waals surface area contributed by atoms with E-state index in [1.54, 1.807) is 30.3 Å². The molecule has 14 heteroatoms. The minimum absolute atomic E-state index is 0.0527. The van der Waals surface area contributed by atoms with Crippen LogP contribution in [0.1, 0.15) is 40.7 Å². The van der Waals surface area contributed by atoms with Gasteiger partial charge < -0.3 is 26.0 Å². The van der Waals surface area contributed by atoms with Crippen LogP contribution in [-0.2, 0) is 11.2 Å². The predicted octanol–water partition coefficient (Wildman–Crippen LogP) is 7.16. The van der Waals surface area contributed by atoms with E-state index >= 15 is 0 Å². The lowest BCUT2D eigenvalue weighted by atomic mass is 10.0. The number of nitrogen functional groups attached to an aromatic ring is 2. The summed E-state index contributed by atoms with van der Waals surface area (Å²) in [6, 6.07) is 16.1. The van der Waals surface area contributed by atoms with Gasteiger partial charge in [0.05, 0.1) is 12.2 Å². The first kappa shape index (κ1) is 33.7. The summed E-state index contributed by atoms with van der Waals surface area (Å²) in [6.07, 6.45) is -6.89. The van der Waals surface area contributed by atoms with Gasteiger partial charge in [-0.3, -0.25) is 0 Å². The topological polar surface area (TPSA) is 125 Å². The van der Waals surface area contributed by atoms with Crippen molar-refractivity contribution in [2.75, 3.05) is 18.1 Å². The Kier molecular flexibility index (Phi) is 10.5. The van der Waals surface area contributed by atoms with Gasteiger partial charge in [0.25, 0.3) is 0 Å². The maximum absolute atomic E-state index is 13.4. The lowest BCUT2D eigenvalue weighted by Gasteiger charge is -2.28. The van der Waals surface area contributed by atoms with Gasteiger partial charge in [-0.25, -0.2) is 9.59 Å². The first-order chi connectivity index (χ1) is 20.5. The summed E-state index contributed by atoms with van der Waals surface area (Å²) >= 11 is 0. The molecule has 7 nitrogen and oxygen atoms in total. The minimum Gasteiger partial charge on any atom is -0.494 e. The third kappa shape index (κ3) is 8.64. The molecule has 0 aliphatic heterocycles. The van der Waals surface area contributed by atoms with E-state index in [4.69, 9.17) is 20.9 Å². The molecule has 0 saturated carbocycles. The molecule has 0 aromatic heterocycles. The van der Waals surface area contributed by atoms with E-state index in [1.165, 1.54) is 42.5 Å². The lowest BCUT2D eigenvalue weighted by Crippen LogP contribution is -2.51. The molecule has 0 aliphatic carbocycles. The van der Waals surface area contributed by atoms with Crippen LogP contribution in [0.5, 0.6) is 11.5 Å². The van der Waals surface area contributed by atoms with Gasteiger partial charge in [-0.2, -0.15) is 30.7 Å². The van der Waals surface area contributed by atoms with Crippen molar-refractivity contribution in [2.24, 2.45) is 0 Å². The first-order valence-corrected chi connectivity index (χ1v) is 13.0. The Bertz CT molecular complexity index is 1490. The van der Waals surface area contributed by atoms with Crippen LogP contribution in [0.15, 0.2) is 72.3 Å². The maximum Gasteiger partial charge on any atom is 0.459 e. The van der Waals surface area contributed by atoms with Crippen LogP contribution in [0.3, 0.4) is 0 Å². The number of alkyl halides is 7. The zero-order valence-corrected chi connectivity index (χ0v) is 22.8. The number of hydrogen-bond donors (Lipinski definition) is 3. The number of benzene rings is 3. The van der Waals surface area contributed by atoms with Gasteiger partial charge in [-0.1, -0.05) is 18.2 Å². The highest BCUT2D eigenvalue weighted by atomic mass is 19.4. The molecule has 5 N–H and O–H groups in total. The number of carboxylic acids is 1. The maximum atomic E-state index is 13.4. The molecule has 0 atom stereocenters. The molecular weight excluding hydrogens is 601 g/mol. The van der Waals surface area contributed by atoms with Crippen LogP contribution >= 0.6 is 0 Å². The number of ether oxygens (including phenoxy) is 2. The molecule has 236 valence electrons. The largest absolute Gasteiger partial charge is 0.494 e. The number of rotatable bonds is 13. The average Bonchev–Trinajstić information content (AvgIpc) is 2.94. The van der Waals surface area contributed by atoms with Crippen molar-refractivity contribution in [1.29, 1.82) is 0 Å². The Hall–Kier alpha value is -4.75. The Morgan fingerprint density at radius 3 is 2.02 bits per heavy atom. The lowest BCUT2D eigenvalue weighted by molar-refractivity contribution is -0.355. The highest BCUT2D eigenvalue weighted by Crippen LogP contribution is 2.48. The molecule has 0 bridgehead atoms. The molecule has 0 spiro atoms. The van der Waals surface area contributed by atoms with E-state index in [-0.39, 0.29) is 29.1 Å².